The summed E-state index contributed by atoms with van der Waals surface area (Å²) >= 11 is 5.94. The summed E-state index contributed by atoms with van der Waals surface area (Å²) in [6.07, 6.45) is -0.0864. The summed E-state index contributed by atoms with van der Waals surface area (Å²) in [6.45, 7) is 1.87. The van der Waals surface area contributed by atoms with Gasteiger partial charge in [0.05, 0.1) is 18.6 Å². The Morgan fingerprint density at radius 3 is 2.71 bits per heavy atom. The van der Waals surface area contributed by atoms with Crippen LogP contribution in [0.15, 0.2) is 12.1 Å². The molecule has 1 aromatic carbocycles. The molecule has 0 saturated heterocycles. The van der Waals surface area contributed by atoms with Crippen molar-refractivity contribution in [1.82, 2.24) is 0 Å². The minimum absolute atomic E-state index is 0.0864. The first kappa shape index (κ1) is 10.9. The Bertz CT molecular complexity index is 361. The Morgan fingerprint density at radius 1 is 1.57 bits per heavy atom. The molecule has 0 aromatic heterocycles. The van der Waals surface area contributed by atoms with Gasteiger partial charge < -0.3 is 9.84 Å². The minimum Gasteiger partial charge on any atom is -0.495 e. The Labute approximate surface area is 87.3 Å². The predicted molar refractivity (Wildman–Crippen MR) is 54.1 cm³/mol. The van der Waals surface area contributed by atoms with Crippen molar-refractivity contribution in [3.8, 4) is 5.75 Å². The van der Waals surface area contributed by atoms with Crippen LogP contribution in [0, 0.1) is 6.92 Å². The largest absolute Gasteiger partial charge is 0.495 e. The smallest absolute Gasteiger partial charge is 0.307 e. The van der Waals surface area contributed by atoms with Gasteiger partial charge in [0.25, 0.3) is 0 Å². The third kappa shape index (κ3) is 2.39. The summed E-state index contributed by atoms with van der Waals surface area (Å²) in [5, 5.41) is 9.02. The molecule has 0 spiro atoms. The van der Waals surface area contributed by atoms with E-state index in [0.717, 1.165) is 5.56 Å². The van der Waals surface area contributed by atoms with Crippen molar-refractivity contribution in [3.05, 3.63) is 28.3 Å². The van der Waals surface area contributed by atoms with E-state index in [2.05, 4.69) is 0 Å². The fourth-order valence-corrected chi connectivity index (χ4v) is 1.50. The third-order valence-electron chi connectivity index (χ3n) is 1.82. The fraction of sp³-hybridized carbons (Fsp3) is 0.300. The average molecular weight is 215 g/mol. The number of aryl methyl sites for hydroxylation is 1. The number of halogens is 1. The van der Waals surface area contributed by atoms with E-state index >= 15 is 0 Å². The van der Waals surface area contributed by atoms with Crippen LogP contribution in [0.25, 0.3) is 0 Å². The van der Waals surface area contributed by atoms with E-state index in [0.29, 0.717) is 16.3 Å². The van der Waals surface area contributed by atoms with E-state index in [9.17, 15) is 4.79 Å². The zero-order valence-corrected chi connectivity index (χ0v) is 8.76. The van der Waals surface area contributed by atoms with Gasteiger partial charge in [-0.15, -0.1) is 0 Å². The van der Waals surface area contributed by atoms with Crippen LogP contribution in [-0.4, -0.2) is 18.2 Å². The van der Waals surface area contributed by atoms with Gasteiger partial charge in [-0.25, -0.2) is 0 Å². The number of ether oxygens (including phenoxy) is 1. The van der Waals surface area contributed by atoms with Crippen molar-refractivity contribution in [3.63, 3.8) is 0 Å². The molecule has 0 heterocycles. The quantitative estimate of drug-likeness (QED) is 0.840. The molecule has 76 valence electrons. The third-order valence-corrected chi connectivity index (χ3v) is 2.25. The second-order valence-corrected chi connectivity index (χ2v) is 3.39. The van der Waals surface area contributed by atoms with Gasteiger partial charge in [-0.2, -0.15) is 0 Å². The molecule has 0 saturated carbocycles. The molecular weight excluding hydrogens is 204 g/mol. The standard InChI is InChI=1S/C10H11ClO3/c1-6-3-7(5-9(12)13)10(11)8(4-6)14-2/h3-4H,5H2,1-2H3,(H,12,13). The molecule has 0 atom stereocenters. The molecule has 14 heavy (non-hydrogen) atoms. The number of carboxylic acid groups (broad SMARTS) is 1. The zero-order chi connectivity index (χ0) is 10.7. The van der Waals surface area contributed by atoms with Crippen LogP contribution in [0.3, 0.4) is 0 Å². The molecule has 1 aromatic rings. The molecule has 0 amide bonds. The van der Waals surface area contributed by atoms with Crippen molar-refractivity contribution < 1.29 is 14.6 Å². The minimum atomic E-state index is -0.903. The summed E-state index contributed by atoms with van der Waals surface area (Å²) < 4.78 is 5.02. The fourth-order valence-electron chi connectivity index (χ4n) is 1.25. The van der Waals surface area contributed by atoms with E-state index in [-0.39, 0.29) is 6.42 Å². The number of benzene rings is 1. The van der Waals surface area contributed by atoms with Crippen molar-refractivity contribution in [2.75, 3.05) is 7.11 Å². The lowest BCUT2D eigenvalue weighted by Gasteiger charge is -2.08. The summed E-state index contributed by atoms with van der Waals surface area (Å²) in [6, 6.07) is 3.52. The number of hydrogen-bond acceptors (Lipinski definition) is 2. The van der Waals surface area contributed by atoms with E-state index in [1.54, 1.807) is 12.1 Å². The first-order valence-corrected chi connectivity index (χ1v) is 4.47. The highest BCUT2D eigenvalue weighted by Crippen LogP contribution is 2.29. The highest BCUT2D eigenvalue weighted by molar-refractivity contribution is 6.33. The van der Waals surface area contributed by atoms with Crippen LogP contribution in [0.1, 0.15) is 11.1 Å². The molecule has 0 aliphatic rings. The molecule has 1 rings (SSSR count). The number of rotatable bonds is 3. The van der Waals surface area contributed by atoms with Crippen LogP contribution in [0.2, 0.25) is 5.02 Å². The Morgan fingerprint density at radius 2 is 2.21 bits per heavy atom. The highest BCUT2D eigenvalue weighted by atomic mass is 35.5. The molecule has 0 bridgehead atoms. The highest BCUT2D eigenvalue weighted by Gasteiger charge is 2.10. The first-order chi connectivity index (χ1) is 6.54. The van der Waals surface area contributed by atoms with Crippen molar-refractivity contribution in [2.24, 2.45) is 0 Å². The van der Waals surface area contributed by atoms with Crippen molar-refractivity contribution >= 4 is 17.6 Å². The molecular formula is C10H11ClO3. The first-order valence-electron chi connectivity index (χ1n) is 4.09. The molecule has 0 aliphatic carbocycles. The predicted octanol–water partition coefficient (Wildman–Crippen LogP) is 2.28. The lowest BCUT2D eigenvalue weighted by atomic mass is 10.1. The van der Waals surface area contributed by atoms with Crippen LogP contribution in [-0.2, 0) is 11.2 Å². The summed E-state index contributed by atoms with van der Waals surface area (Å²) in [5.74, 6) is -0.387. The molecule has 0 unspecified atom stereocenters. The van der Waals surface area contributed by atoms with Gasteiger partial charge in [0.15, 0.2) is 0 Å². The Kier molecular flexibility index (Phi) is 3.36. The second kappa shape index (κ2) is 4.33. The van der Waals surface area contributed by atoms with Gasteiger partial charge in [0, 0.05) is 0 Å². The Balaban J connectivity index is 3.15. The molecule has 1 N–H and O–H groups in total. The topological polar surface area (TPSA) is 46.5 Å². The van der Waals surface area contributed by atoms with Gasteiger partial charge in [-0.3, -0.25) is 4.79 Å². The van der Waals surface area contributed by atoms with Gasteiger partial charge >= 0.3 is 5.97 Å². The van der Waals surface area contributed by atoms with Crippen LogP contribution in [0.4, 0.5) is 0 Å². The number of aliphatic carboxylic acids is 1. The summed E-state index contributed by atoms with van der Waals surface area (Å²) in [4.78, 5) is 10.5. The molecule has 4 heteroatoms. The Hall–Kier alpha value is -1.22. The average Bonchev–Trinajstić information content (AvgIpc) is 2.09. The van der Waals surface area contributed by atoms with Crippen LogP contribution < -0.4 is 4.74 Å². The van der Waals surface area contributed by atoms with Crippen molar-refractivity contribution in [1.29, 1.82) is 0 Å². The number of methoxy groups -OCH3 is 1. The van der Waals surface area contributed by atoms with Gasteiger partial charge in [-0.1, -0.05) is 17.7 Å². The normalized spacial score (nSPS) is 9.93. The van der Waals surface area contributed by atoms with E-state index in [1.807, 2.05) is 6.92 Å². The summed E-state index contributed by atoms with van der Waals surface area (Å²) in [7, 11) is 1.51. The van der Waals surface area contributed by atoms with Gasteiger partial charge in [-0.05, 0) is 24.1 Å². The van der Waals surface area contributed by atoms with Gasteiger partial charge in [0.1, 0.15) is 5.75 Å². The van der Waals surface area contributed by atoms with E-state index in [1.165, 1.54) is 7.11 Å². The number of hydrogen-bond donors (Lipinski definition) is 1. The maximum absolute atomic E-state index is 10.5. The summed E-state index contributed by atoms with van der Waals surface area (Å²) in [5.41, 5.74) is 1.51. The number of carboxylic acids is 1. The molecule has 3 nitrogen and oxygen atoms in total. The van der Waals surface area contributed by atoms with Crippen LogP contribution in [0.5, 0.6) is 5.75 Å². The SMILES string of the molecule is COc1cc(C)cc(CC(=O)O)c1Cl. The van der Waals surface area contributed by atoms with E-state index < -0.39 is 5.97 Å². The van der Waals surface area contributed by atoms with Crippen molar-refractivity contribution in [2.45, 2.75) is 13.3 Å². The van der Waals surface area contributed by atoms with Crippen LogP contribution >= 0.6 is 11.6 Å². The molecule has 0 aliphatic heterocycles. The number of carbonyl (C=O) groups is 1. The van der Waals surface area contributed by atoms with Gasteiger partial charge in [0.2, 0.25) is 0 Å². The molecule has 0 fully saturated rings. The monoisotopic (exact) mass is 214 g/mol. The molecule has 0 radical (unpaired) electrons. The lowest BCUT2D eigenvalue weighted by Crippen LogP contribution is -2.02. The zero-order valence-electron chi connectivity index (χ0n) is 8.00. The second-order valence-electron chi connectivity index (χ2n) is 3.01. The maximum atomic E-state index is 10.5. The van der Waals surface area contributed by atoms with E-state index in [4.69, 9.17) is 21.4 Å². The maximum Gasteiger partial charge on any atom is 0.307 e. The lowest BCUT2D eigenvalue weighted by molar-refractivity contribution is -0.136.